The zero-order valence-electron chi connectivity index (χ0n) is 16.7. The number of hydrogen-bond donors (Lipinski definition) is 1. The van der Waals surface area contributed by atoms with Gasteiger partial charge in [0.1, 0.15) is 17.3 Å². The highest BCUT2D eigenvalue weighted by molar-refractivity contribution is 5.93. The minimum Gasteiger partial charge on any atom is -0.384 e. The van der Waals surface area contributed by atoms with Crippen molar-refractivity contribution in [2.45, 2.75) is 19.0 Å². The number of nitrogen functional groups attached to an aromatic ring is 1. The van der Waals surface area contributed by atoms with Crippen LogP contribution in [0.3, 0.4) is 0 Å². The number of morpholine rings is 1. The minimum atomic E-state index is -0.0174. The van der Waals surface area contributed by atoms with E-state index < -0.39 is 0 Å². The van der Waals surface area contributed by atoms with Gasteiger partial charge in [-0.15, -0.1) is 0 Å². The van der Waals surface area contributed by atoms with Gasteiger partial charge in [0.2, 0.25) is 0 Å². The summed E-state index contributed by atoms with van der Waals surface area (Å²) in [6, 6.07) is 5.78. The molecule has 0 bridgehead atoms. The van der Waals surface area contributed by atoms with E-state index in [9.17, 15) is 4.79 Å². The summed E-state index contributed by atoms with van der Waals surface area (Å²) < 4.78 is 5.41. The van der Waals surface area contributed by atoms with Gasteiger partial charge in [0, 0.05) is 50.3 Å². The Labute approximate surface area is 170 Å². The van der Waals surface area contributed by atoms with Crippen molar-refractivity contribution in [1.82, 2.24) is 24.8 Å². The van der Waals surface area contributed by atoms with Crippen LogP contribution in [0.25, 0.3) is 0 Å². The molecule has 0 radical (unpaired) electrons. The Balaban J connectivity index is 1.38. The first-order chi connectivity index (χ1) is 14.1. The monoisotopic (exact) mass is 397 g/mol. The third kappa shape index (κ3) is 4.63. The molecular formula is C20H27N7O2. The average molecular weight is 397 g/mol. The fourth-order valence-electron chi connectivity index (χ4n) is 3.85. The Bertz CT molecular complexity index is 856. The smallest absolute Gasteiger partial charge is 0.272 e. The fraction of sp³-hybridized carbons (Fsp3) is 0.500. The van der Waals surface area contributed by atoms with Crippen molar-refractivity contribution in [3.05, 3.63) is 42.1 Å². The number of pyridine rings is 1. The van der Waals surface area contributed by atoms with Crippen molar-refractivity contribution in [3.8, 4) is 0 Å². The number of nitrogens with two attached hydrogens (primary N) is 1. The van der Waals surface area contributed by atoms with Crippen molar-refractivity contribution in [1.29, 1.82) is 0 Å². The predicted octanol–water partition coefficient (Wildman–Crippen LogP) is 0.637. The summed E-state index contributed by atoms with van der Waals surface area (Å²) in [6.45, 7) is 5.07. The van der Waals surface area contributed by atoms with Crippen LogP contribution < -0.4 is 10.6 Å². The molecule has 29 heavy (non-hydrogen) atoms. The summed E-state index contributed by atoms with van der Waals surface area (Å²) in [4.78, 5) is 32.2. The van der Waals surface area contributed by atoms with Crippen molar-refractivity contribution in [2.75, 3.05) is 57.1 Å². The number of likely N-dealkylation sites (N-methyl/N-ethyl adjacent to an activating group) is 1. The number of nitrogens with zero attached hydrogens (tertiary/aromatic N) is 6. The lowest BCUT2D eigenvalue weighted by Crippen LogP contribution is -2.37. The summed E-state index contributed by atoms with van der Waals surface area (Å²) in [5.41, 5.74) is 7.26. The number of carbonyl (C=O) groups excluding carboxylic acids is 1. The normalized spacial score (nSPS) is 19.7. The summed E-state index contributed by atoms with van der Waals surface area (Å²) >= 11 is 0. The highest BCUT2D eigenvalue weighted by Gasteiger charge is 2.30. The van der Waals surface area contributed by atoms with Gasteiger partial charge in [0.05, 0.1) is 19.8 Å². The van der Waals surface area contributed by atoms with Crippen LogP contribution in [0.1, 0.15) is 22.7 Å². The molecule has 2 aliphatic heterocycles. The molecule has 2 aromatic rings. The van der Waals surface area contributed by atoms with Crippen molar-refractivity contribution >= 4 is 17.4 Å². The van der Waals surface area contributed by atoms with E-state index in [0.29, 0.717) is 43.6 Å². The summed E-state index contributed by atoms with van der Waals surface area (Å²) in [6.07, 6.45) is 4.30. The third-order valence-corrected chi connectivity index (χ3v) is 5.53. The van der Waals surface area contributed by atoms with E-state index in [1.165, 1.54) is 0 Å². The van der Waals surface area contributed by atoms with E-state index in [2.05, 4.69) is 24.8 Å². The largest absolute Gasteiger partial charge is 0.384 e. The van der Waals surface area contributed by atoms with Gasteiger partial charge < -0.3 is 20.3 Å². The first kappa shape index (κ1) is 19.5. The molecule has 1 amide bonds. The molecule has 1 unspecified atom stereocenters. The second kappa shape index (κ2) is 8.71. The topological polar surface area (TPSA) is 101 Å². The first-order valence-electron chi connectivity index (χ1n) is 9.96. The molecule has 154 valence electrons. The maximum absolute atomic E-state index is 13.0. The molecule has 9 nitrogen and oxygen atoms in total. The van der Waals surface area contributed by atoms with Gasteiger partial charge in [0.15, 0.2) is 0 Å². The molecule has 2 N–H and O–H groups in total. The zero-order valence-corrected chi connectivity index (χ0v) is 16.7. The maximum atomic E-state index is 13.0. The number of likely N-dealkylation sites (tertiary alicyclic amines) is 1. The quantitative estimate of drug-likeness (QED) is 0.784. The predicted molar refractivity (Wildman–Crippen MR) is 109 cm³/mol. The van der Waals surface area contributed by atoms with Gasteiger partial charge in [-0.05, 0) is 31.7 Å². The number of rotatable bonds is 5. The molecule has 0 aromatic carbocycles. The Morgan fingerprint density at radius 1 is 1.24 bits per heavy atom. The molecule has 9 heteroatoms. The molecule has 2 saturated heterocycles. The average Bonchev–Trinajstić information content (AvgIpc) is 3.24. The Morgan fingerprint density at radius 3 is 2.83 bits per heavy atom. The van der Waals surface area contributed by atoms with Crippen molar-refractivity contribution in [3.63, 3.8) is 0 Å². The van der Waals surface area contributed by atoms with Crippen LogP contribution in [0.5, 0.6) is 0 Å². The van der Waals surface area contributed by atoms with E-state index in [0.717, 1.165) is 31.7 Å². The summed E-state index contributed by atoms with van der Waals surface area (Å²) in [5, 5.41) is 0. The van der Waals surface area contributed by atoms with Crippen LogP contribution in [0.2, 0.25) is 0 Å². The van der Waals surface area contributed by atoms with E-state index in [-0.39, 0.29) is 11.9 Å². The lowest BCUT2D eigenvalue weighted by molar-refractivity contribution is 0.0773. The number of aromatic nitrogens is 3. The molecule has 0 aliphatic carbocycles. The summed E-state index contributed by atoms with van der Waals surface area (Å²) in [7, 11) is 2.03. The Hall–Kier alpha value is -2.78. The van der Waals surface area contributed by atoms with Gasteiger partial charge in [-0.3, -0.25) is 14.7 Å². The molecule has 2 fully saturated rings. The van der Waals surface area contributed by atoms with Gasteiger partial charge >= 0.3 is 0 Å². The van der Waals surface area contributed by atoms with Gasteiger partial charge in [-0.2, -0.15) is 0 Å². The molecular weight excluding hydrogens is 370 g/mol. The van der Waals surface area contributed by atoms with Crippen LogP contribution >= 0.6 is 0 Å². The first-order valence-corrected chi connectivity index (χ1v) is 9.96. The standard InChI is InChI=1S/C20H27N7O2/c1-25(14-19-23-6-3-18(21)24-19)16-4-7-27(13-16)20(28)17-12-15(2-5-22-17)26-8-10-29-11-9-26/h2-3,5-6,12,16H,4,7-11,13-14H2,1H3,(H2,21,23,24). The Kier molecular flexibility index (Phi) is 5.86. The molecule has 2 aliphatic rings. The van der Waals surface area contributed by atoms with Gasteiger partial charge in [0.25, 0.3) is 5.91 Å². The molecule has 4 heterocycles. The molecule has 0 spiro atoms. The molecule has 0 saturated carbocycles. The SMILES string of the molecule is CN(Cc1nccc(N)n1)C1CCN(C(=O)c2cc(N3CCOCC3)ccn2)C1. The Morgan fingerprint density at radius 2 is 2.03 bits per heavy atom. The number of hydrogen-bond acceptors (Lipinski definition) is 8. The van der Waals surface area contributed by atoms with Crippen LogP contribution in [-0.4, -0.2) is 83.1 Å². The molecule has 4 rings (SSSR count). The highest BCUT2D eigenvalue weighted by atomic mass is 16.5. The molecule has 1 atom stereocenters. The second-order valence-electron chi connectivity index (χ2n) is 7.51. The zero-order chi connectivity index (χ0) is 20.2. The van der Waals surface area contributed by atoms with Crippen molar-refractivity contribution < 1.29 is 9.53 Å². The third-order valence-electron chi connectivity index (χ3n) is 5.53. The van der Waals surface area contributed by atoms with Crippen LogP contribution in [0.4, 0.5) is 11.5 Å². The van der Waals surface area contributed by atoms with E-state index in [4.69, 9.17) is 10.5 Å². The molecule has 2 aromatic heterocycles. The lowest BCUT2D eigenvalue weighted by atomic mass is 10.2. The fourth-order valence-corrected chi connectivity index (χ4v) is 3.85. The van der Waals surface area contributed by atoms with Crippen molar-refractivity contribution in [2.24, 2.45) is 0 Å². The summed E-state index contributed by atoms with van der Waals surface area (Å²) in [5.74, 6) is 1.14. The number of amides is 1. The van der Waals surface area contributed by atoms with Crippen LogP contribution in [0.15, 0.2) is 30.6 Å². The van der Waals surface area contributed by atoms with Gasteiger partial charge in [-0.1, -0.05) is 0 Å². The van der Waals surface area contributed by atoms with Crippen LogP contribution in [-0.2, 0) is 11.3 Å². The van der Waals surface area contributed by atoms with E-state index in [1.54, 1.807) is 18.5 Å². The number of carbonyl (C=O) groups is 1. The van der Waals surface area contributed by atoms with Gasteiger partial charge in [-0.25, -0.2) is 9.97 Å². The minimum absolute atomic E-state index is 0.0174. The van der Waals surface area contributed by atoms with Crippen LogP contribution in [0, 0.1) is 0 Å². The highest BCUT2D eigenvalue weighted by Crippen LogP contribution is 2.21. The van der Waals surface area contributed by atoms with E-state index >= 15 is 0 Å². The lowest BCUT2D eigenvalue weighted by Gasteiger charge is -2.29. The van der Waals surface area contributed by atoms with E-state index in [1.807, 2.05) is 24.1 Å². The maximum Gasteiger partial charge on any atom is 0.272 e. The number of ether oxygens (including phenoxy) is 1. The second-order valence-corrected chi connectivity index (χ2v) is 7.51. The number of anilines is 2.